The fourth-order valence-corrected chi connectivity index (χ4v) is 4.38. The van der Waals surface area contributed by atoms with Gasteiger partial charge in [-0.25, -0.2) is 18.6 Å². The lowest BCUT2D eigenvalue weighted by atomic mass is 10.1. The van der Waals surface area contributed by atoms with E-state index in [2.05, 4.69) is 10.5 Å². The topological polar surface area (TPSA) is 116 Å². The molecule has 8 nitrogen and oxygen atoms in total. The number of carbonyl (C=O) groups excluding carboxylic acids is 1. The zero-order valence-electron chi connectivity index (χ0n) is 14.9. The molecule has 0 aromatic heterocycles. The first-order valence-corrected chi connectivity index (χ1v) is 10.1. The van der Waals surface area contributed by atoms with Gasteiger partial charge < -0.3 is 5.11 Å². The molecule has 1 saturated heterocycles. The van der Waals surface area contributed by atoms with Gasteiger partial charge in [0.25, 0.3) is 5.91 Å². The standard InChI is InChI=1S/C19H19N3O5S/c23-18(21-20-13-14-6-8-15(9-7-14)19(24)25)16-4-3-5-17(12-16)28(26,27)22-10-1-2-11-22/h3-9,12-13H,1-2,10-11H2,(H,21,23)(H,24,25)/b20-13+. The number of hydrogen-bond acceptors (Lipinski definition) is 5. The van der Waals surface area contributed by atoms with Crippen molar-refractivity contribution in [2.75, 3.05) is 13.1 Å². The predicted octanol–water partition coefficient (Wildman–Crippen LogP) is 1.93. The monoisotopic (exact) mass is 401 g/mol. The molecule has 3 rings (SSSR count). The summed E-state index contributed by atoms with van der Waals surface area (Å²) >= 11 is 0. The summed E-state index contributed by atoms with van der Waals surface area (Å²) in [5, 5.41) is 12.7. The first kappa shape index (κ1) is 19.7. The second-order valence-corrected chi connectivity index (χ2v) is 8.20. The number of aromatic carboxylic acids is 1. The van der Waals surface area contributed by atoms with E-state index in [1.807, 2.05) is 0 Å². The molecule has 1 aliphatic rings. The van der Waals surface area contributed by atoms with Crippen LogP contribution in [0, 0.1) is 0 Å². The minimum Gasteiger partial charge on any atom is -0.478 e. The lowest BCUT2D eigenvalue weighted by Gasteiger charge is -2.15. The molecule has 2 aromatic carbocycles. The summed E-state index contributed by atoms with van der Waals surface area (Å²) in [5.74, 6) is -1.57. The Morgan fingerprint density at radius 3 is 2.36 bits per heavy atom. The number of nitrogens with zero attached hydrogens (tertiary/aromatic N) is 2. The third-order valence-corrected chi connectivity index (χ3v) is 6.23. The number of amides is 1. The van der Waals surface area contributed by atoms with E-state index < -0.39 is 21.9 Å². The van der Waals surface area contributed by atoms with Gasteiger partial charge in [-0.2, -0.15) is 9.41 Å². The molecule has 0 spiro atoms. The molecule has 0 saturated carbocycles. The highest BCUT2D eigenvalue weighted by molar-refractivity contribution is 7.89. The van der Waals surface area contributed by atoms with Gasteiger partial charge in [-0.15, -0.1) is 0 Å². The van der Waals surface area contributed by atoms with Gasteiger partial charge in [0.1, 0.15) is 0 Å². The van der Waals surface area contributed by atoms with Crippen LogP contribution >= 0.6 is 0 Å². The number of rotatable bonds is 6. The number of carboxylic acid groups (broad SMARTS) is 1. The Bertz CT molecular complexity index is 1010. The van der Waals surface area contributed by atoms with E-state index in [-0.39, 0.29) is 16.0 Å². The number of carboxylic acids is 1. The molecule has 28 heavy (non-hydrogen) atoms. The van der Waals surface area contributed by atoms with E-state index in [9.17, 15) is 18.0 Å². The molecule has 0 atom stereocenters. The van der Waals surface area contributed by atoms with Crippen LogP contribution in [-0.4, -0.2) is 49.0 Å². The third-order valence-electron chi connectivity index (χ3n) is 4.34. The first-order valence-electron chi connectivity index (χ1n) is 8.65. The van der Waals surface area contributed by atoms with Crippen LogP contribution in [0.1, 0.15) is 39.1 Å². The Morgan fingerprint density at radius 1 is 1.04 bits per heavy atom. The van der Waals surface area contributed by atoms with Crippen LogP contribution in [0.3, 0.4) is 0 Å². The molecule has 2 N–H and O–H groups in total. The maximum absolute atomic E-state index is 12.6. The number of benzene rings is 2. The fraction of sp³-hybridized carbons (Fsp3) is 0.211. The quantitative estimate of drug-likeness (QED) is 0.567. The van der Waals surface area contributed by atoms with Gasteiger partial charge in [0.2, 0.25) is 10.0 Å². The molecule has 1 heterocycles. The summed E-state index contributed by atoms with van der Waals surface area (Å²) in [4.78, 5) is 23.2. The van der Waals surface area contributed by atoms with Crippen molar-refractivity contribution in [3.05, 3.63) is 65.2 Å². The van der Waals surface area contributed by atoms with Crippen LogP contribution in [0.5, 0.6) is 0 Å². The Labute approximate surface area is 162 Å². The second-order valence-electron chi connectivity index (χ2n) is 6.27. The summed E-state index contributed by atoms with van der Waals surface area (Å²) in [6.07, 6.45) is 3.04. The van der Waals surface area contributed by atoms with Gasteiger partial charge in [-0.1, -0.05) is 18.2 Å². The number of carbonyl (C=O) groups is 2. The summed E-state index contributed by atoms with van der Waals surface area (Å²) in [6.45, 7) is 0.980. The molecule has 0 unspecified atom stereocenters. The molecule has 1 fully saturated rings. The van der Waals surface area contributed by atoms with Crippen molar-refractivity contribution in [3.8, 4) is 0 Å². The van der Waals surface area contributed by atoms with Crippen LogP contribution in [0.15, 0.2) is 58.5 Å². The minimum absolute atomic E-state index is 0.0790. The molecular weight excluding hydrogens is 382 g/mol. The smallest absolute Gasteiger partial charge is 0.335 e. The highest BCUT2D eigenvalue weighted by Crippen LogP contribution is 2.21. The number of nitrogens with one attached hydrogen (secondary N) is 1. The van der Waals surface area contributed by atoms with Gasteiger partial charge in [0, 0.05) is 18.7 Å². The molecular formula is C19H19N3O5S. The fourth-order valence-electron chi connectivity index (χ4n) is 2.82. The highest BCUT2D eigenvalue weighted by atomic mass is 32.2. The largest absolute Gasteiger partial charge is 0.478 e. The molecule has 0 radical (unpaired) electrons. The van der Waals surface area contributed by atoms with Crippen molar-refractivity contribution in [3.63, 3.8) is 0 Å². The number of hydrogen-bond donors (Lipinski definition) is 2. The van der Waals surface area contributed by atoms with Gasteiger partial charge in [-0.05, 0) is 48.7 Å². The van der Waals surface area contributed by atoms with Gasteiger partial charge >= 0.3 is 5.97 Å². The summed E-state index contributed by atoms with van der Waals surface area (Å²) in [6, 6.07) is 11.8. The molecule has 146 valence electrons. The van der Waals surface area contributed by atoms with Crippen molar-refractivity contribution in [2.24, 2.45) is 5.10 Å². The Hall–Kier alpha value is -3.04. The second kappa shape index (κ2) is 8.32. The van der Waals surface area contributed by atoms with Crippen LogP contribution in [0.4, 0.5) is 0 Å². The van der Waals surface area contributed by atoms with Crippen molar-refractivity contribution < 1.29 is 23.1 Å². The number of sulfonamides is 1. The molecule has 1 amide bonds. The molecule has 0 bridgehead atoms. The summed E-state index contributed by atoms with van der Waals surface area (Å²) in [7, 11) is -3.60. The lowest BCUT2D eigenvalue weighted by Crippen LogP contribution is -2.28. The van der Waals surface area contributed by atoms with E-state index in [1.54, 1.807) is 12.1 Å². The Balaban J connectivity index is 1.68. The van der Waals surface area contributed by atoms with Gasteiger partial charge in [-0.3, -0.25) is 4.79 Å². The van der Waals surface area contributed by atoms with E-state index in [0.717, 1.165) is 12.8 Å². The van der Waals surface area contributed by atoms with Crippen LogP contribution in [-0.2, 0) is 10.0 Å². The summed E-state index contributed by atoms with van der Waals surface area (Å²) < 4.78 is 26.6. The maximum Gasteiger partial charge on any atom is 0.335 e. The zero-order valence-corrected chi connectivity index (χ0v) is 15.7. The molecule has 0 aliphatic carbocycles. The van der Waals surface area contributed by atoms with E-state index in [1.165, 1.54) is 46.9 Å². The van der Waals surface area contributed by atoms with Gasteiger partial charge in [0.15, 0.2) is 0 Å². The van der Waals surface area contributed by atoms with Crippen molar-refractivity contribution in [1.82, 2.24) is 9.73 Å². The van der Waals surface area contributed by atoms with Crippen molar-refractivity contribution in [2.45, 2.75) is 17.7 Å². The third kappa shape index (κ3) is 4.44. The van der Waals surface area contributed by atoms with Crippen LogP contribution in [0.25, 0.3) is 0 Å². The number of hydrazone groups is 1. The van der Waals surface area contributed by atoms with Crippen LogP contribution < -0.4 is 5.43 Å². The minimum atomic E-state index is -3.60. The van der Waals surface area contributed by atoms with Crippen molar-refractivity contribution >= 4 is 28.1 Å². The lowest BCUT2D eigenvalue weighted by molar-refractivity contribution is 0.0696. The first-order chi connectivity index (χ1) is 13.4. The Morgan fingerprint density at radius 2 is 1.71 bits per heavy atom. The Kier molecular flexibility index (Phi) is 5.86. The predicted molar refractivity (Wildman–Crippen MR) is 103 cm³/mol. The highest BCUT2D eigenvalue weighted by Gasteiger charge is 2.27. The average molecular weight is 401 g/mol. The van der Waals surface area contributed by atoms with E-state index in [4.69, 9.17) is 5.11 Å². The van der Waals surface area contributed by atoms with Crippen LogP contribution in [0.2, 0.25) is 0 Å². The molecule has 1 aliphatic heterocycles. The van der Waals surface area contributed by atoms with E-state index in [0.29, 0.717) is 18.7 Å². The van der Waals surface area contributed by atoms with Gasteiger partial charge in [0.05, 0.1) is 16.7 Å². The SMILES string of the molecule is O=C(O)c1ccc(/C=N/NC(=O)c2cccc(S(=O)(=O)N3CCCC3)c2)cc1. The summed E-state index contributed by atoms with van der Waals surface area (Å²) in [5.41, 5.74) is 3.28. The zero-order chi connectivity index (χ0) is 20.1. The molecule has 2 aromatic rings. The molecule has 9 heteroatoms. The van der Waals surface area contributed by atoms with E-state index >= 15 is 0 Å². The maximum atomic E-state index is 12.6. The average Bonchev–Trinajstić information content (AvgIpc) is 3.24. The normalized spacial score (nSPS) is 15.0. The van der Waals surface area contributed by atoms with Crippen molar-refractivity contribution in [1.29, 1.82) is 0 Å².